The van der Waals surface area contributed by atoms with Gasteiger partial charge >= 0.3 is 5.97 Å². The average molecular weight is 359 g/mol. The highest BCUT2D eigenvalue weighted by Gasteiger charge is 2.42. The van der Waals surface area contributed by atoms with Crippen molar-refractivity contribution in [2.75, 3.05) is 5.32 Å². The molecule has 0 aliphatic rings. The SMILES string of the molecule is CCC(Nc1cccc(Cl)c1)(C(=O)O)c1c(Cl)cccc1Cl. The summed E-state index contributed by atoms with van der Waals surface area (Å²) in [6.07, 6.45) is 0.248. The van der Waals surface area contributed by atoms with Gasteiger partial charge in [-0.3, -0.25) is 0 Å². The zero-order valence-electron chi connectivity index (χ0n) is 11.7. The minimum atomic E-state index is -1.44. The molecule has 116 valence electrons. The smallest absolute Gasteiger partial charge is 0.334 e. The molecule has 0 radical (unpaired) electrons. The van der Waals surface area contributed by atoms with Crippen LogP contribution in [0.3, 0.4) is 0 Å². The Hall–Kier alpha value is -1.42. The Labute approximate surface area is 143 Å². The highest BCUT2D eigenvalue weighted by molar-refractivity contribution is 6.36. The number of aliphatic carboxylic acids is 1. The second-order valence-corrected chi connectivity index (χ2v) is 6.05. The number of halogens is 3. The van der Waals surface area contributed by atoms with Gasteiger partial charge in [0.2, 0.25) is 0 Å². The van der Waals surface area contributed by atoms with E-state index >= 15 is 0 Å². The van der Waals surface area contributed by atoms with Crippen LogP contribution >= 0.6 is 34.8 Å². The van der Waals surface area contributed by atoms with E-state index < -0.39 is 11.5 Å². The first-order valence-electron chi connectivity index (χ1n) is 6.62. The van der Waals surface area contributed by atoms with Crippen molar-refractivity contribution >= 4 is 46.5 Å². The Morgan fingerprint density at radius 2 is 1.73 bits per heavy atom. The molecule has 22 heavy (non-hydrogen) atoms. The highest BCUT2D eigenvalue weighted by atomic mass is 35.5. The summed E-state index contributed by atoms with van der Waals surface area (Å²) in [6, 6.07) is 11.8. The van der Waals surface area contributed by atoms with E-state index in [1.165, 1.54) is 0 Å². The van der Waals surface area contributed by atoms with E-state index in [-0.39, 0.29) is 6.42 Å². The van der Waals surface area contributed by atoms with Gasteiger partial charge in [-0.15, -0.1) is 0 Å². The van der Waals surface area contributed by atoms with Crippen LogP contribution in [0.4, 0.5) is 5.69 Å². The third kappa shape index (κ3) is 3.17. The number of hydrogen-bond donors (Lipinski definition) is 2. The third-order valence-corrected chi connectivity index (χ3v) is 4.33. The lowest BCUT2D eigenvalue weighted by Gasteiger charge is -2.32. The topological polar surface area (TPSA) is 49.3 Å². The van der Waals surface area contributed by atoms with E-state index in [9.17, 15) is 9.90 Å². The van der Waals surface area contributed by atoms with Gasteiger partial charge in [0.25, 0.3) is 0 Å². The largest absolute Gasteiger partial charge is 0.479 e. The molecule has 0 fully saturated rings. The first-order chi connectivity index (χ1) is 10.4. The number of hydrogen-bond acceptors (Lipinski definition) is 2. The Balaban J connectivity index is 2.60. The minimum absolute atomic E-state index is 0.248. The second kappa shape index (κ2) is 6.78. The maximum absolute atomic E-state index is 12.0. The van der Waals surface area contributed by atoms with Crippen molar-refractivity contribution in [3.05, 3.63) is 63.1 Å². The number of carboxylic acids is 1. The summed E-state index contributed by atoms with van der Waals surface area (Å²) in [4.78, 5) is 12.0. The van der Waals surface area contributed by atoms with Gasteiger partial charge in [-0.25, -0.2) is 4.79 Å². The predicted molar refractivity (Wildman–Crippen MR) is 91.1 cm³/mol. The van der Waals surface area contributed by atoms with Gasteiger partial charge in [-0.05, 0) is 36.8 Å². The molecule has 2 rings (SSSR count). The summed E-state index contributed by atoms with van der Waals surface area (Å²) < 4.78 is 0. The molecule has 0 saturated heterocycles. The van der Waals surface area contributed by atoms with E-state index in [4.69, 9.17) is 34.8 Å². The minimum Gasteiger partial charge on any atom is -0.479 e. The van der Waals surface area contributed by atoms with Gasteiger partial charge in [-0.2, -0.15) is 0 Å². The van der Waals surface area contributed by atoms with Crippen molar-refractivity contribution < 1.29 is 9.90 Å². The van der Waals surface area contributed by atoms with E-state index in [1.807, 2.05) is 0 Å². The van der Waals surface area contributed by atoms with Gasteiger partial charge in [0.05, 0.1) is 0 Å². The molecule has 0 aliphatic heterocycles. The first kappa shape index (κ1) is 16.9. The van der Waals surface area contributed by atoms with E-state index in [0.29, 0.717) is 26.3 Å². The molecule has 6 heteroatoms. The summed E-state index contributed by atoms with van der Waals surface area (Å²) in [5.74, 6) is -1.06. The van der Waals surface area contributed by atoms with Crippen LogP contribution in [0.1, 0.15) is 18.9 Å². The fourth-order valence-corrected chi connectivity index (χ4v) is 3.27. The summed E-state index contributed by atoms with van der Waals surface area (Å²) in [7, 11) is 0. The average Bonchev–Trinajstić information content (AvgIpc) is 2.45. The molecule has 3 nitrogen and oxygen atoms in total. The molecule has 1 atom stereocenters. The summed E-state index contributed by atoms with van der Waals surface area (Å²) >= 11 is 18.4. The first-order valence-corrected chi connectivity index (χ1v) is 7.75. The number of nitrogens with one attached hydrogen (secondary N) is 1. The lowest BCUT2D eigenvalue weighted by atomic mass is 9.86. The molecular formula is C16H14Cl3NO2. The van der Waals surface area contributed by atoms with Crippen LogP contribution in [0.5, 0.6) is 0 Å². The zero-order valence-corrected chi connectivity index (χ0v) is 14.0. The van der Waals surface area contributed by atoms with E-state index in [2.05, 4.69) is 5.32 Å². The molecule has 0 bridgehead atoms. The predicted octanol–water partition coefficient (Wildman–Crippen LogP) is 5.45. The fraction of sp³-hybridized carbons (Fsp3) is 0.188. The molecule has 0 spiro atoms. The van der Waals surface area contributed by atoms with Crippen molar-refractivity contribution in [3.8, 4) is 0 Å². The van der Waals surface area contributed by atoms with Gasteiger partial charge in [0.1, 0.15) is 0 Å². The monoisotopic (exact) mass is 357 g/mol. The molecular weight excluding hydrogens is 345 g/mol. The molecule has 1 unspecified atom stereocenters. The molecule has 0 aliphatic carbocycles. The Morgan fingerprint density at radius 3 is 2.23 bits per heavy atom. The van der Waals surface area contributed by atoms with E-state index in [0.717, 1.165) is 0 Å². The van der Waals surface area contributed by atoms with E-state index in [1.54, 1.807) is 49.4 Å². The van der Waals surface area contributed by atoms with Crippen LogP contribution in [0.25, 0.3) is 0 Å². The van der Waals surface area contributed by atoms with Crippen LogP contribution < -0.4 is 5.32 Å². The summed E-state index contributed by atoms with van der Waals surface area (Å²) in [5.41, 5.74) is -0.527. The Kier molecular flexibility index (Phi) is 5.22. The van der Waals surface area contributed by atoms with Crippen molar-refractivity contribution in [1.29, 1.82) is 0 Å². The van der Waals surface area contributed by atoms with Crippen molar-refractivity contribution in [3.63, 3.8) is 0 Å². The van der Waals surface area contributed by atoms with Crippen LogP contribution in [-0.4, -0.2) is 11.1 Å². The molecule has 0 aromatic heterocycles. The quantitative estimate of drug-likeness (QED) is 0.747. The van der Waals surface area contributed by atoms with Gasteiger partial charge in [0.15, 0.2) is 5.54 Å². The maximum Gasteiger partial charge on any atom is 0.334 e. The lowest BCUT2D eigenvalue weighted by Crippen LogP contribution is -2.43. The second-order valence-electron chi connectivity index (χ2n) is 4.80. The standard InChI is InChI=1S/C16H14Cl3NO2/c1-2-16(15(21)22,14-12(18)7-4-8-13(14)19)20-11-6-3-5-10(17)9-11/h3-9,20H,2H2,1H3,(H,21,22). The van der Waals surface area contributed by atoms with Crippen molar-refractivity contribution in [1.82, 2.24) is 0 Å². The number of carbonyl (C=O) groups is 1. The van der Waals surface area contributed by atoms with Gasteiger partial charge in [0, 0.05) is 26.3 Å². The van der Waals surface area contributed by atoms with Gasteiger partial charge in [-0.1, -0.05) is 53.9 Å². The van der Waals surface area contributed by atoms with Gasteiger partial charge < -0.3 is 10.4 Å². The maximum atomic E-state index is 12.0. The summed E-state index contributed by atoms with van der Waals surface area (Å²) in [6.45, 7) is 1.76. The molecule has 0 amide bonds. The van der Waals surface area contributed by atoms with Crippen molar-refractivity contribution in [2.24, 2.45) is 0 Å². The number of rotatable bonds is 5. The van der Waals surface area contributed by atoms with Crippen LogP contribution in [-0.2, 0) is 10.3 Å². The lowest BCUT2D eigenvalue weighted by molar-refractivity contribution is -0.142. The zero-order chi connectivity index (χ0) is 16.3. The van der Waals surface area contributed by atoms with Crippen LogP contribution in [0, 0.1) is 0 Å². The number of anilines is 1. The molecule has 0 heterocycles. The number of carboxylic acid groups (broad SMARTS) is 1. The fourth-order valence-electron chi connectivity index (χ4n) is 2.36. The molecule has 2 aromatic rings. The molecule has 2 N–H and O–H groups in total. The van der Waals surface area contributed by atoms with Crippen molar-refractivity contribution in [2.45, 2.75) is 18.9 Å². The highest BCUT2D eigenvalue weighted by Crippen LogP contribution is 2.39. The number of benzene rings is 2. The normalized spacial score (nSPS) is 13.5. The Morgan fingerprint density at radius 1 is 1.14 bits per heavy atom. The van der Waals surface area contributed by atoms with Crippen LogP contribution in [0.15, 0.2) is 42.5 Å². The summed E-state index contributed by atoms with van der Waals surface area (Å²) in [5, 5.41) is 14.0. The molecule has 2 aromatic carbocycles. The Bertz CT molecular complexity index is 685. The van der Waals surface area contributed by atoms with Crippen LogP contribution in [0.2, 0.25) is 15.1 Å². The molecule has 0 saturated carbocycles. The third-order valence-electron chi connectivity index (χ3n) is 3.47.